The average Bonchev–Trinajstić information content (AvgIpc) is 3.44. The molecule has 10 heteroatoms. The van der Waals surface area contributed by atoms with Crippen molar-refractivity contribution in [2.45, 2.75) is 12.7 Å². The van der Waals surface area contributed by atoms with E-state index in [0.29, 0.717) is 43.3 Å². The van der Waals surface area contributed by atoms with Crippen LogP contribution in [0.5, 0.6) is 0 Å². The summed E-state index contributed by atoms with van der Waals surface area (Å²) < 4.78 is 34.7. The Bertz CT molecular complexity index is 1310. The molecule has 0 amide bonds. The molecule has 4 aromatic rings. The van der Waals surface area contributed by atoms with Crippen LogP contribution in [0.15, 0.2) is 59.4 Å². The molecular formula is C21H22N6O3S. The van der Waals surface area contributed by atoms with Gasteiger partial charge < -0.3 is 14.0 Å². The number of sulfonamides is 1. The van der Waals surface area contributed by atoms with Gasteiger partial charge >= 0.3 is 0 Å². The van der Waals surface area contributed by atoms with E-state index in [1.807, 2.05) is 60.3 Å². The minimum absolute atomic E-state index is 0.172. The topological polar surface area (TPSA) is 97.4 Å². The molecule has 0 saturated carbocycles. The zero-order valence-electron chi connectivity index (χ0n) is 17.0. The first kappa shape index (κ1) is 19.7. The first-order chi connectivity index (χ1) is 15.0. The number of piperazine rings is 1. The number of para-hydroxylation sites is 1. The Balaban J connectivity index is 1.30. The van der Waals surface area contributed by atoms with Gasteiger partial charge in [0.25, 0.3) is 0 Å². The van der Waals surface area contributed by atoms with Crippen LogP contribution in [0.3, 0.4) is 0 Å². The fourth-order valence-electron chi connectivity index (χ4n) is 3.82. The lowest BCUT2D eigenvalue weighted by Crippen LogP contribution is -2.49. The molecular weight excluding hydrogens is 416 g/mol. The Morgan fingerprint density at radius 1 is 0.968 bits per heavy atom. The Kier molecular flexibility index (Phi) is 4.95. The second-order valence-corrected chi connectivity index (χ2v) is 9.46. The zero-order chi connectivity index (χ0) is 21.4. The zero-order valence-corrected chi connectivity index (χ0v) is 17.9. The highest BCUT2D eigenvalue weighted by Crippen LogP contribution is 2.23. The maximum absolute atomic E-state index is 13.0. The highest BCUT2D eigenvalue weighted by atomic mass is 32.2. The van der Waals surface area contributed by atoms with Crippen molar-refractivity contribution in [1.29, 1.82) is 0 Å². The van der Waals surface area contributed by atoms with E-state index in [0.717, 1.165) is 17.0 Å². The van der Waals surface area contributed by atoms with Gasteiger partial charge in [-0.25, -0.2) is 18.4 Å². The first-order valence-electron chi connectivity index (χ1n) is 10.0. The number of aryl methyl sites for hydroxylation is 1. The molecule has 0 unspecified atom stereocenters. The van der Waals surface area contributed by atoms with E-state index in [2.05, 4.69) is 20.0 Å². The van der Waals surface area contributed by atoms with E-state index in [9.17, 15) is 8.42 Å². The van der Waals surface area contributed by atoms with Gasteiger partial charge in [0, 0.05) is 50.0 Å². The molecule has 0 spiro atoms. The SMILES string of the molecule is Cc1nc(N2CCN(S(=O)(=O)Cc3noc4ccccc34)CC2)cc(-n2cccc2)n1. The van der Waals surface area contributed by atoms with Gasteiger partial charge in [-0.15, -0.1) is 0 Å². The summed E-state index contributed by atoms with van der Waals surface area (Å²) in [5.41, 5.74) is 1.04. The van der Waals surface area contributed by atoms with Crippen LogP contribution in [0.1, 0.15) is 11.5 Å². The minimum atomic E-state index is -3.51. The summed E-state index contributed by atoms with van der Waals surface area (Å²) in [5.74, 6) is 2.10. The molecule has 5 rings (SSSR count). The van der Waals surface area contributed by atoms with Gasteiger partial charge in [-0.2, -0.15) is 4.31 Å². The van der Waals surface area contributed by atoms with Gasteiger partial charge in [0.05, 0.1) is 0 Å². The molecule has 1 aliphatic heterocycles. The van der Waals surface area contributed by atoms with Crippen LogP contribution in [-0.4, -0.2) is 58.6 Å². The maximum atomic E-state index is 13.0. The Morgan fingerprint density at radius 2 is 1.68 bits per heavy atom. The fourth-order valence-corrected chi connectivity index (χ4v) is 5.28. The molecule has 1 saturated heterocycles. The van der Waals surface area contributed by atoms with Crippen LogP contribution in [0.2, 0.25) is 0 Å². The predicted octanol–water partition coefficient (Wildman–Crippen LogP) is 2.37. The molecule has 1 aromatic carbocycles. The lowest BCUT2D eigenvalue weighted by molar-refractivity contribution is 0.381. The van der Waals surface area contributed by atoms with Crippen LogP contribution in [0.25, 0.3) is 16.8 Å². The fraction of sp³-hybridized carbons (Fsp3) is 0.286. The molecule has 4 heterocycles. The van der Waals surface area contributed by atoms with Gasteiger partial charge in [-0.05, 0) is 31.2 Å². The van der Waals surface area contributed by atoms with Gasteiger partial charge in [-0.1, -0.05) is 17.3 Å². The van der Waals surface area contributed by atoms with Gasteiger partial charge in [0.15, 0.2) is 5.58 Å². The van der Waals surface area contributed by atoms with E-state index in [-0.39, 0.29) is 5.75 Å². The number of benzene rings is 1. The van der Waals surface area contributed by atoms with Crippen molar-refractivity contribution in [2.24, 2.45) is 0 Å². The van der Waals surface area contributed by atoms with Gasteiger partial charge in [-0.3, -0.25) is 0 Å². The molecule has 1 fully saturated rings. The van der Waals surface area contributed by atoms with Gasteiger partial charge in [0.1, 0.15) is 28.9 Å². The number of anilines is 1. The summed E-state index contributed by atoms with van der Waals surface area (Å²) >= 11 is 0. The second-order valence-electron chi connectivity index (χ2n) is 7.49. The Hall–Kier alpha value is -3.24. The van der Waals surface area contributed by atoms with Crippen molar-refractivity contribution in [1.82, 2.24) is 24.0 Å². The number of hydrogen-bond acceptors (Lipinski definition) is 7. The van der Waals surface area contributed by atoms with E-state index in [1.165, 1.54) is 4.31 Å². The van der Waals surface area contributed by atoms with Crippen molar-refractivity contribution in [3.05, 3.63) is 66.4 Å². The third-order valence-electron chi connectivity index (χ3n) is 5.41. The maximum Gasteiger partial charge on any atom is 0.220 e. The van der Waals surface area contributed by atoms with E-state index in [1.54, 1.807) is 6.07 Å². The lowest BCUT2D eigenvalue weighted by Gasteiger charge is -2.34. The summed E-state index contributed by atoms with van der Waals surface area (Å²) in [6, 6.07) is 13.1. The molecule has 31 heavy (non-hydrogen) atoms. The molecule has 160 valence electrons. The summed E-state index contributed by atoms with van der Waals surface area (Å²) in [6.45, 7) is 3.75. The standard InChI is InChI=1S/C21H22N6O3S/c1-16-22-20(25-8-4-5-9-25)14-21(23-16)26-10-12-27(13-11-26)31(28,29)15-18-17-6-2-3-7-19(17)30-24-18/h2-9,14H,10-13,15H2,1H3. The van der Waals surface area contributed by atoms with Gasteiger partial charge in [0.2, 0.25) is 10.0 Å². The summed E-state index contributed by atoms with van der Waals surface area (Å²) in [7, 11) is -3.51. The quantitative estimate of drug-likeness (QED) is 0.472. The third kappa shape index (κ3) is 3.91. The summed E-state index contributed by atoms with van der Waals surface area (Å²) in [6.07, 6.45) is 3.87. The molecule has 0 aliphatic carbocycles. The van der Waals surface area contributed by atoms with Crippen LogP contribution < -0.4 is 4.90 Å². The smallest absolute Gasteiger partial charge is 0.220 e. The molecule has 0 bridgehead atoms. The van der Waals surface area contributed by atoms with Crippen molar-refractivity contribution in [3.63, 3.8) is 0 Å². The number of nitrogens with zero attached hydrogens (tertiary/aromatic N) is 6. The Labute approximate surface area is 180 Å². The van der Waals surface area contributed by atoms with Crippen LogP contribution in [0, 0.1) is 6.92 Å². The van der Waals surface area contributed by atoms with E-state index >= 15 is 0 Å². The average molecular weight is 439 g/mol. The van der Waals surface area contributed by atoms with Crippen LogP contribution in [0.4, 0.5) is 5.82 Å². The third-order valence-corrected chi connectivity index (χ3v) is 7.20. The van der Waals surface area contributed by atoms with Crippen molar-refractivity contribution in [2.75, 3.05) is 31.1 Å². The monoisotopic (exact) mass is 438 g/mol. The first-order valence-corrected chi connectivity index (χ1v) is 11.7. The Morgan fingerprint density at radius 3 is 2.45 bits per heavy atom. The largest absolute Gasteiger partial charge is 0.356 e. The number of fused-ring (bicyclic) bond motifs is 1. The van der Waals surface area contributed by atoms with Crippen LogP contribution in [-0.2, 0) is 15.8 Å². The molecule has 1 aliphatic rings. The number of rotatable bonds is 5. The second kappa shape index (κ2) is 7.78. The normalized spacial score (nSPS) is 15.6. The van der Waals surface area contributed by atoms with Crippen molar-refractivity contribution >= 4 is 26.8 Å². The predicted molar refractivity (Wildman–Crippen MR) is 117 cm³/mol. The molecule has 3 aromatic heterocycles. The molecule has 9 nitrogen and oxygen atoms in total. The summed E-state index contributed by atoms with van der Waals surface area (Å²) in [4.78, 5) is 11.2. The molecule has 0 N–H and O–H groups in total. The van der Waals surface area contributed by atoms with E-state index < -0.39 is 10.0 Å². The lowest BCUT2D eigenvalue weighted by atomic mass is 10.2. The number of aromatic nitrogens is 4. The molecule has 0 atom stereocenters. The highest BCUT2D eigenvalue weighted by Gasteiger charge is 2.29. The van der Waals surface area contributed by atoms with E-state index in [4.69, 9.17) is 4.52 Å². The molecule has 0 radical (unpaired) electrons. The highest BCUT2D eigenvalue weighted by molar-refractivity contribution is 7.88. The minimum Gasteiger partial charge on any atom is -0.356 e. The summed E-state index contributed by atoms with van der Waals surface area (Å²) in [5, 5.41) is 4.71. The number of hydrogen-bond donors (Lipinski definition) is 0. The van der Waals surface area contributed by atoms with Crippen LogP contribution >= 0.6 is 0 Å². The van der Waals surface area contributed by atoms with Crippen molar-refractivity contribution < 1.29 is 12.9 Å². The van der Waals surface area contributed by atoms with Crippen molar-refractivity contribution in [3.8, 4) is 5.82 Å².